The second kappa shape index (κ2) is 7.05. The molecule has 1 aliphatic rings. The van der Waals surface area contributed by atoms with Crippen LogP contribution in [0.4, 0.5) is 8.78 Å². The summed E-state index contributed by atoms with van der Waals surface area (Å²) in [5, 5.41) is 9.21. The number of carbonyl (C=O) groups excluding carboxylic acids is 1. The molecule has 1 aromatic heterocycles. The van der Waals surface area contributed by atoms with Crippen molar-refractivity contribution in [3.63, 3.8) is 0 Å². The van der Waals surface area contributed by atoms with Crippen molar-refractivity contribution in [1.29, 1.82) is 0 Å². The van der Waals surface area contributed by atoms with Gasteiger partial charge in [0.1, 0.15) is 0 Å². The molecule has 1 fully saturated rings. The zero-order chi connectivity index (χ0) is 17.1. The number of rotatable bonds is 6. The van der Waals surface area contributed by atoms with Gasteiger partial charge in [-0.2, -0.15) is 0 Å². The summed E-state index contributed by atoms with van der Waals surface area (Å²) in [6.07, 6.45) is 3.94. The van der Waals surface area contributed by atoms with E-state index in [1.54, 1.807) is 23.4 Å². The van der Waals surface area contributed by atoms with Gasteiger partial charge in [-0.1, -0.05) is 12.1 Å². The second-order valence-electron chi connectivity index (χ2n) is 5.97. The molecule has 0 saturated heterocycles. The number of nitrogens with zero attached hydrogens (tertiary/aromatic N) is 2. The summed E-state index contributed by atoms with van der Waals surface area (Å²) in [7, 11) is 0. The Morgan fingerprint density at radius 2 is 2.12 bits per heavy atom. The van der Waals surface area contributed by atoms with E-state index in [4.69, 9.17) is 0 Å². The minimum atomic E-state index is -0.895. The fourth-order valence-corrected chi connectivity index (χ4v) is 2.91. The molecular weight excluding hydrogens is 314 g/mol. The molecular formula is C18H18F2N2O2. The van der Waals surface area contributed by atoms with E-state index in [-0.39, 0.29) is 30.9 Å². The summed E-state index contributed by atoms with van der Waals surface area (Å²) >= 11 is 0. The van der Waals surface area contributed by atoms with Crippen LogP contribution in [0.5, 0.6) is 0 Å². The Hall–Kier alpha value is -2.34. The molecule has 1 amide bonds. The summed E-state index contributed by atoms with van der Waals surface area (Å²) in [6, 6.07) is 7.42. The Balaban J connectivity index is 1.69. The predicted molar refractivity (Wildman–Crippen MR) is 83.9 cm³/mol. The lowest BCUT2D eigenvalue weighted by Crippen LogP contribution is -2.34. The van der Waals surface area contributed by atoms with E-state index in [1.807, 2.05) is 6.07 Å². The molecule has 2 unspecified atom stereocenters. The largest absolute Gasteiger partial charge is 0.395 e. The van der Waals surface area contributed by atoms with Crippen LogP contribution in [0.3, 0.4) is 0 Å². The topological polar surface area (TPSA) is 53.4 Å². The molecule has 126 valence electrons. The van der Waals surface area contributed by atoms with Crippen molar-refractivity contribution < 1.29 is 18.7 Å². The second-order valence-corrected chi connectivity index (χ2v) is 5.97. The molecule has 3 rings (SSSR count). The maximum atomic E-state index is 13.4. The predicted octanol–water partition coefficient (Wildman–Crippen LogP) is 2.48. The first-order valence-electron chi connectivity index (χ1n) is 7.83. The minimum absolute atomic E-state index is 0.0809. The molecule has 1 heterocycles. The number of hydrogen-bond donors (Lipinski definition) is 1. The van der Waals surface area contributed by atoms with E-state index in [9.17, 15) is 18.7 Å². The van der Waals surface area contributed by atoms with Gasteiger partial charge < -0.3 is 10.0 Å². The molecule has 1 aliphatic carbocycles. The van der Waals surface area contributed by atoms with Gasteiger partial charge in [0, 0.05) is 31.4 Å². The van der Waals surface area contributed by atoms with Gasteiger partial charge in [-0.3, -0.25) is 9.78 Å². The van der Waals surface area contributed by atoms with Gasteiger partial charge in [0.25, 0.3) is 0 Å². The van der Waals surface area contributed by atoms with Crippen LogP contribution in [-0.4, -0.2) is 34.0 Å². The molecule has 1 N–H and O–H groups in total. The summed E-state index contributed by atoms with van der Waals surface area (Å²) in [5.41, 5.74) is 1.52. The van der Waals surface area contributed by atoms with E-state index in [0.717, 1.165) is 17.7 Å². The van der Waals surface area contributed by atoms with Crippen LogP contribution in [0.15, 0.2) is 42.7 Å². The third-order valence-electron chi connectivity index (χ3n) is 4.26. The number of aliphatic hydroxyl groups excluding tert-OH is 1. The zero-order valence-corrected chi connectivity index (χ0v) is 13.0. The molecule has 0 spiro atoms. The first-order chi connectivity index (χ1) is 11.6. The van der Waals surface area contributed by atoms with Crippen molar-refractivity contribution in [2.45, 2.75) is 18.9 Å². The molecule has 0 bridgehead atoms. The molecule has 6 heteroatoms. The monoisotopic (exact) mass is 332 g/mol. The minimum Gasteiger partial charge on any atom is -0.395 e. The number of aromatic nitrogens is 1. The van der Waals surface area contributed by atoms with Crippen molar-refractivity contribution in [2.24, 2.45) is 5.92 Å². The third kappa shape index (κ3) is 3.59. The van der Waals surface area contributed by atoms with Crippen LogP contribution < -0.4 is 0 Å². The standard InChI is InChI=1S/C18H18F2N2O2/c19-16-4-3-13(8-17(16)20)14-9-15(14)18(24)22(6-7-23)11-12-2-1-5-21-10-12/h1-5,8,10,14-15,23H,6-7,9,11H2. The molecule has 2 atom stereocenters. The van der Waals surface area contributed by atoms with E-state index in [1.165, 1.54) is 6.07 Å². The van der Waals surface area contributed by atoms with E-state index < -0.39 is 11.6 Å². The van der Waals surface area contributed by atoms with Gasteiger partial charge in [-0.25, -0.2) is 8.78 Å². The Morgan fingerprint density at radius 3 is 2.79 bits per heavy atom. The van der Waals surface area contributed by atoms with Crippen molar-refractivity contribution in [1.82, 2.24) is 9.88 Å². The van der Waals surface area contributed by atoms with E-state index in [2.05, 4.69) is 4.98 Å². The molecule has 1 aromatic carbocycles. The van der Waals surface area contributed by atoms with Crippen LogP contribution in [0, 0.1) is 17.6 Å². The van der Waals surface area contributed by atoms with Gasteiger partial charge in [-0.15, -0.1) is 0 Å². The van der Waals surface area contributed by atoms with Crippen molar-refractivity contribution in [3.05, 3.63) is 65.5 Å². The van der Waals surface area contributed by atoms with Crippen molar-refractivity contribution >= 4 is 5.91 Å². The Bertz CT molecular complexity index is 724. The van der Waals surface area contributed by atoms with Crippen LogP contribution >= 0.6 is 0 Å². The van der Waals surface area contributed by atoms with Crippen LogP contribution in [0.25, 0.3) is 0 Å². The average Bonchev–Trinajstić information content (AvgIpc) is 3.38. The zero-order valence-electron chi connectivity index (χ0n) is 13.0. The highest BCUT2D eigenvalue weighted by atomic mass is 19.2. The first-order valence-corrected chi connectivity index (χ1v) is 7.83. The number of pyridine rings is 1. The third-order valence-corrected chi connectivity index (χ3v) is 4.26. The lowest BCUT2D eigenvalue weighted by atomic mass is 10.1. The quantitative estimate of drug-likeness (QED) is 0.884. The molecule has 0 radical (unpaired) electrons. The highest BCUT2D eigenvalue weighted by Crippen LogP contribution is 2.48. The van der Waals surface area contributed by atoms with Gasteiger partial charge in [-0.05, 0) is 41.7 Å². The summed E-state index contributed by atoms with van der Waals surface area (Å²) in [5.74, 6) is -2.21. The Kier molecular flexibility index (Phi) is 4.85. The van der Waals surface area contributed by atoms with Gasteiger partial charge >= 0.3 is 0 Å². The van der Waals surface area contributed by atoms with Crippen LogP contribution in [-0.2, 0) is 11.3 Å². The molecule has 2 aromatic rings. The number of carbonyl (C=O) groups is 1. The lowest BCUT2D eigenvalue weighted by molar-refractivity contribution is -0.133. The van der Waals surface area contributed by atoms with Gasteiger partial charge in [0.05, 0.1) is 6.61 Å². The summed E-state index contributed by atoms with van der Waals surface area (Å²) < 4.78 is 26.4. The highest BCUT2D eigenvalue weighted by molar-refractivity contribution is 5.83. The van der Waals surface area contributed by atoms with E-state index >= 15 is 0 Å². The molecule has 24 heavy (non-hydrogen) atoms. The van der Waals surface area contributed by atoms with E-state index in [0.29, 0.717) is 18.5 Å². The lowest BCUT2D eigenvalue weighted by Gasteiger charge is -2.22. The highest BCUT2D eigenvalue weighted by Gasteiger charge is 2.45. The Morgan fingerprint density at radius 1 is 1.29 bits per heavy atom. The number of aliphatic hydroxyl groups is 1. The van der Waals surface area contributed by atoms with Crippen LogP contribution in [0.2, 0.25) is 0 Å². The number of halogens is 2. The maximum absolute atomic E-state index is 13.4. The van der Waals surface area contributed by atoms with Crippen molar-refractivity contribution in [2.75, 3.05) is 13.2 Å². The number of amides is 1. The van der Waals surface area contributed by atoms with Crippen molar-refractivity contribution in [3.8, 4) is 0 Å². The molecule has 1 saturated carbocycles. The molecule has 4 nitrogen and oxygen atoms in total. The molecule has 0 aliphatic heterocycles. The van der Waals surface area contributed by atoms with Gasteiger partial charge in [0.15, 0.2) is 11.6 Å². The normalized spacial score (nSPS) is 19.1. The average molecular weight is 332 g/mol. The number of hydrogen-bond acceptors (Lipinski definition) is 3. The first kappa shape index (κ1) is 16.5. The summed E-state index contributed by atoms with van der Waals surface area (Å²) in [4.78, 5) is 18.3. The fourth-order valence-electron chi connectivity index (χ4n) is 2.91. The SMILES string of the molecule is O=C(C1CC1c1ccc(F)c(F)c1)N(CCO)Cc1cccnc1. The Labute approximate surface area is 138 Å². The van der Waals surface area contributed by atoms with Crippen LogP contribution in [0.1, 0.15) is 23.5 Å². The fraction of sp³-hybridized carbons (Fsp3) is 0.333. The smallest absolute Gasteiger partial charge is 0.226 e. The number of benzene rings is 1. The van der Waals surface area contributed by atoms with Gasteiger partial charge in [0.2, 0.25) is 5.91 Å². The summed E-state index contributed by atoms with van der Waals surface area (Å²) in [6.45, 7) is 0.470. The maximum Gasteiger partial charge on any atom is 0.226 e.